The van der Waals surface area contributed by atoms with Crippen molar-refractivity contribution in [3.63, 3.8) is 0 Å². The van der Waals surface area contributed by atoms with Crippen LogP contribution in [0.4, 0.5) is 0 Å². The van der Waals surface area contributed by atoms with Gasteiger partial charge in [0.15, 0.2) is 0 Å². The van der Waals surface area contributed by atoms with Crippen LogP contribution in [-0.2, 0) is 21.3 Å². The van der Waals surface area contributed by atoms with E-state index in [2.05, 4.69) is 0 Å². The second kappa shape index (κ2) is 6.41. The van der Waals surface area contributed by atoms with Gasteiger partial charge in [-0.2, -0.15) is 4.31 Å². The molecule has 0 saturated carbocycles. The smallest absolute Gasteiger partial charge is 0.244 e. The van der Waals surface area contributed by atoms with Gasteiger partial charge in [0.05, 0.1) is 11.1 Å². The molecular formula is C13H19ClN2O3S. The minimum atomic E-state index is -3.59. The summed E-state index contributed by atoms with van der Waals surface area (Å²) in [6.07, 6.45) is 0.566. The molecule has 20 heavy (non-hydrogen) atoms. The molecule has 1 atom stereocenters. The summed E-state index contributed by atoms with van der Waals surface area (Å²) in [6, 6.07) is 4.82. The van der Waals surface area contributed by atoms with E-state index in [1.165, 1.54) is 10.4 Å². The third-order valence-corrected chi connectivity index (χ3v) is 5.61. The molecule has 0 spiro atoms. The number of sulfonamides is 1. The lowest BCUT2D eigenvalue weighted by atomic mass is 10.2. The van der Waals surface area contributed by atoms with Crippen LogP contribution in [0.3, 0.4) is 0 Å². The van der Waals surface area contributed by atoms with Crippen molar-refractivity contribution in [1.29, 1.82) is 0 Å². The van der Waals surface area contributed by atoms with Gasteiger partial charge < -0.3 is 10.5 Å². The molecule has 1 aliphatic heterocycles. The van der Waals surface area contributed by atoms with Crippen LogP contribution in [0.25, 0.3) is 0 Å². The number of ether oxygens (including phenoxy) is 1. The molecule has 1 heterocycles. The van der Waals surface area contributed by atoms with Gasteiger partial charge in [0.25, 0.3) is 0 Å². The highest BCUT2D eigenvalue weighted by Crippen LogP contribution is 2.26. The Morgan fingerprint density at radius 1 is 1.50 bits per heavy atom. The minimum Gasteiger partial charge on any atom is -0.377 e. The largest absolute Gasteiger partial charge is 0.377 e. The van der Waals surface area contributed by atoms with Gasteiger partial charge in [0, 0.05) is 26.2 Å². The maximum atomic E-state index is 12.7. The fraction of sp³-hybridized carbons (Fsp3) is 0.538. The van der Waals surface area contributed by atoms with Crippen molar-refractivity contribution in [1.82, 2.24) is 4.31 Å². The summed E-state index contributed by atoms with van der Waals surface area (Å²) < 4.78 is 32.2. The standard InChI is InChI=1S/C13H19ClN2O3S/c1-10-9-16(5-2-6-19-10)20(17,18)13-4-3-11(8-15)7-12(13)14/h3-4,7,10H,2,5-6,8-9,15H2,1H3. The SMILES string of the molecule is CC1CN(S(=O)(=O)c2ccc(CN)cc2Cl)CCCO1. The molecule has 1 aromatic carbocycles. The number of nitrogens with zero attached hydrogens (tertiary/aromatic N) is 1. The average Bonchev–Trinajstić information content (AvgIpc) is 2.63. The van der Waals surface area contributed by atoms with E-state index in [1.54, 1.807) is 12.1 Å². The third kappa shape index (κ3) is 3.32. The normalized spacial score (nSPS) is 21.6. The first-order valence-corrected chi connectivity index (χ1v) is 8.37. The molecule has 0 aromatic heterocycles. The second-order valence-electron chi connectivity index (χ2n) is 4.87. The highest BCUT2D eigenvalue weighted by molar-refractivity contribution is 7.89. The first kappa shape index (κ1) is 15.7. The number of hydrogen-bond acceptors (Lipinski definition) is 4. The van der Waals surface area contributed by atoms with Crippen molar-refractivity contribution < 1.29 is 13.2 Å². The summed E-state index contributed by atoms with van der Waals surface area (Å²) in [5, 5.41) is 0.214. The van der Waals surface area contributed by atoms with Crippen LogP contribution in [0.1, 0.15) is 18.9 Å². The molecule has 2 N–H and O–H groups in total. The van der Waals surface area contributed by atoms with Crippen LogP contribution in [0.5, 0.6) is 0 Å². The van der Waals surface area contributed by atoms with E-state index in [0.29, 0.717) is 32.7 Å². The number of hydrogen-bond donors (Lipinski definition) is 1. The third-order valence-electron chi connectivity index (χ3n) is 3.26. The molecule has 1 fully saturated rings. The molecular weight excluding hydrogens is 300 g/mol. The van der Waals surface area contributed by atoms with Crippen LogP contribution >= 0.6 is 11.6 Å². The van der Waals surface area contributed by atoms with E-state index in [9.17, 15) is 8.42 Å². The van der Waals surface area contributed by atoms with Crippen molar-refractivity contribution in [3.05, 3.63) is 28.8 Å². The highest BCUT2D eigenvalue weighted by atomic mass is 35.5. The van der Waals surface area contributed by atoms with Crippen molar-refractivity contribution >= 4 is 21.6 Å². The Hall–Kier alpha value is -0.660. The summed E-state index contributed by atoms with van der Waals surface area (Å²) in [5.74, 6) is 0. The summed E-state index contributed by atoms with van der Waals surface area (Å²) in [4.78, 5) is 0.130. The van der Waals surface area contributed by atoms with Crippen LogP contribution in [0.15, 0.2) is 23.1 Å². The highest BCUT2D eigenvalue weighted by Gasteiger charge is 2.29. The maximum Gasteiger partial charge on any atom is 0.244 e. The predicted octanol–water partition coefficient (Wildman–Crippen LogP) is 1.60. The molecule has 112 valence electrons. The summed E-state index contributed by atoms with van der Waals surface area (Å²) in [5.41, 5.74) is 6.33. The van der Waals surface area contributed by atoms with Gasteiger partial charge in [-0.3, -0.25) is 0 Å². The molecule has 0 amide bonds. The molecule has 1 saturated heterocycles. The molecule has 1 unspecified atom stereocenters. The Morgan fingerprint density at radius 3 is 2.90 bits per heavy atom. The summed E-state index contributed by atoms with van der Waals surface area (Å²) in [7, 11) is -3.59. The van der Waals surface area contributed by atoms with Crippen LogP contribution in [0, 0.1) is 0 Å². The Morgan fingerprint density at radius 2 is 2.25 bits per heavy atom. The van der Waals surface area contributed by atoms with E-state index < -0.39 is 10.0 Å². The maximum absolute atomic E-state index is 12.7. The van der Waals surface area contributed by atoms with E-state index in [-0.39, 0.29) is 16.0 Å². The molecule has 2 rings (SSSR count). The van der Waals surface area contributed by atoms with E-state index in [0.717, 1.165) is 5.56 Å². The van der Waals surface area contributed by atoms with Gasteiger partial charge in [-0.15, -0.1) is 0 Å². The average molecular weight is 319 g/mol. The molecule has 0 bridgehead atoms. The number of nitrogens with two attached hydrogens (primary N) is 1. The summed E-state index contributed by atoms with van der Waals surface area (Å²) in [6.45, 7) is 3.56. The van der Waals surface area contributed by atoms with Gasteiger partial charge >= 0.3 is 0 Å². The van der Waals surface area contributed by atoms with E-state index >= 15 is 0 Å². The van der Waals surface area contributed by atoms with Gasteiger partial charge in [-0.25, -0.2) is 8.42 Å². The molecule has 7 heteroatoms. The fourth-order valence-electron chi connectivity index (χ4n) is 2.19. The topological polar surface area (TPSA) is 72.6 Å². The van der Waals surface area contributed by atoms with Crippen molar-refractivity contribution in [2.24, 2.45) is 5.73 Å². The molecule has 1 aliphatic rings. The van der Waals surface area contributed by atoms with Gasteiger partial charge in [-0.1, -0.05) is 17.7 Å². The lowest BCUT2D eigenvalue weighted by molar-refractivity contribution is 0.0752. The van der Waals surface area contributed by atoms with Crippen LogP contribution in [-0.4, -0.2) is 38.5 Å². The molecule has 0 radical (unpaired) electrons. The lowest BCUT2D eigenvalue weighted by Crippen LogP contribution is -2.36. The Labute approximate surface area is 124 Å². The van der Waals surface area contributed by atoms with Crippen molar-refractivity contribution in [2.75, 3.05) is 19.7 Å². The monoisotopic (exact) mass is 318 g/mol. The fourth-order valence-corrected chi connectivity index (χ4v) is 4.29. The predicted molar refractivity (Wildman–Crippen MR) is 78.1 cm³/mol. The van der Waals surface area contributed by atoms with Crippen molar-refractivity contribution in [3.8, 4) is 0 Å². The zero-order chi connectivity index (χ0) is 14.8. The number of halogens is 1. The van der Waals surface area contributed by atoms with Crippen LogP contribution in [0.2, 0.25) is 5.02 Å². The Kier molecular flexibility index (Phi) is 5.04. The van der Waals surface area contributed by atoms with E-state index in [4.69, 9.17) is 22.1 Å². The Bertz CT molecular complexity index is 577. The minimum absolute atomic E-state index is 0.116. The Balaban J connectivity index is 2.34. The quantitative estimate of drug-likeness (QED) is 0.918. The van der Waals surface area contributed by atoms with E-state index in [1.807, 2.05) is 6.92 Å². The van der Waals surface area contributed by atoms with Gasteiger partial charge in [0.1, 0.15) is 4.90 Å². The molecule has 1 aromatic rings. The lowest BCUT2D eigenvalue weighted by Gasteiger charge is -2.22. The molecule has 0 aliphatic carbocycles. The zero-order valence-electron chi connectivity index (χ0n) is 11.4. The van der Waals surface area contributed by atoms with Gasteiger partial charge in [0.2, 0.25) is 10.0 Å². The zero-order valence-corrected chi connectivity index (χ0v) is 13.0. The first-order valence-electron chi connectivity index (χ1n) is 6.55. The number of rotatable bonds is 3. The van der Waals surface area contributed by atoms with Crippen LogP contribution < -0.4 is 5.73 Å². The van der Waals surface area contributed by atoms with Gasteiger partial charge in [-0.05, 0) is 31.0 Å². The summed E-state index contributed by atoms with van der Waals surface area (Å²) >= 11 is 6.10. The molecule has 5 nitrogen and oxygen atoms in total. The van der Waals surface area contributed by atoms with Crippen molar-refractivity contribution in [2.45, 2.75) is 30.9 Å². The second-order valence-corrected chi connectivity index (χ2v) is 7.18. The number of benzene rings is 1. The first-order chi connectivity index (χ1) is 9.45.